The molecule has 3 nitrogen and oxygen atoms in total. The Morgan fingerprint density at radius 2 is 2.06 bits per heavy atom. The van der Waals surface area contributed by atoms with Crippen LogP contribution in [0.25, 0.3) is 11.1 Å². The number of aromatic nitrogens is 1. The second-order valence-electron chi connectivity index (χ2n) is 4.32. The molecule has 0 unspecified atom stereocenters. The van der Waals surface area contributed by atoms with Crippen molar-refractivity contribution < 1.29 is 4.42 Å². The van der Waals surface area contributed by atoms with Crippen LogP contribution in [0.1, 0.15) is 32.6 Å². The highest BCUT2D eigenvalue weighted by Gasteiger charge is 2.32. The average molecular weight is 297 g/mol. The summed E-state index contributed by atoms with van der Waals surface area (Å²) >= 11 is 3.44. The fraction of sp³-hybridized carbons (Fsp3) is 0.462. The van der Waals surface area contributed by atoms with Crippen LogP contribution in [-0.2, 0) is 5.41 Å². The first-order valence-electron chi connectivity index (χ1n) is 5.92. The Balaban J connectivity index is 2.55. The van der Waals surface area contributed by atoms with Crippen LogP contribution in [0.4, 0.5) is 0 Å². The van der Waals surface area contributed by atoms with Gasteiger partial charge in [-0.25, -0.2) is 4.98 Å². The lowest BCUT2D eigenvalue weighted by Crippen LogP contribution is -2.34. The first-order valence-corrected chi connectivity index (χ1v) is 6.71. The van der Waals surface area contributed by atoms with Crippen molar-refractivity contribution in [2.45, 2.75) is 32.1 Å². The summed E-state index contributed by atoms with van der Waals surface area (Å²) < 4.78 is 6.86. The van der Waals surface area contributed by atoms with Crippen molar-refractivity contribution in [3.05, 3.63) is 28.6 Å². The number of hydrogen-bond donors (Lipinski definition) is 1. The summed E-state index contributed by atoms with van der Waals surface area (Å²) in [6.07, 6.45) is 1.88. The molecule has 2 N–H and O–H groups in total. The average Bonchev–Trinajstić information content (AvgIpc) is 2.75. The van der Waals surface area contributed by atoms with Gasteiger partial charge in [-0.2, -0.15) is 0 Å². The maximum Gasteiger partial charge on any atom is 0.202 e. The maximum atomic E-state index is 5.90. The molecule has 0 saturated heterocycles. The molecule has 2 aromatic rings. The number of benzene rings is 1. The number of fused-ring (bicyclic) bond motifs is 1. The topological polar surface area (TPSA) is 52.0 Å². The van der Waals surface area contributed by atoms with E-state index < -0.39 is 0 Å². The lowest BCUT2D eigenvalue weighted by Gasteiger charge is -2.25. The van der Waals surface area contributed by atoms with Gasteiger partial charge in [0, 0.05) is 11.0 Å². The van der Waals surface area contributed by atoms with Gasteiger partial charge in [-0.05, 0) is 31.0 Å². The van der Waals surface area contributed by atoms with Crippen LogP contribution in [0.5, 0.6) is 0 Å². The Bertz CT molecular complexity index is 509. The Hall–Kier alpha value is -0.870. The highest BCUT2D eigenvalue weighted by atomic mass is 79.9. The minimum atomic E-state index is -0.133. The van der Waals surface area contributed by atoms with Gasteiger partial charge in [0.1, 0.15) is 5.52 Å². The molecule has 2 rings (SSSR count). The predicted molar refractivity (Wildman–Crippen MR) is 73.0 cm³/mol. The number of oxazole rings is 1. The van der Waals surface area contributed by atoms with Gasteiger partial charge in [0.05, 0.1) is 5.41 Å². The molecule has 4 heteroatoms. The molecule has 0 atom stereocenters. The third-order valence-corrected chi connectivity index (χ3v) is 4.04. The number of halogens is 1. The Labute approximate surface area is 110 Å². The molecule has 0 fully saturated rings. The van der Waals surface area contributed by atoms with Gasteiger partial charge in [-0.3, -0.25) is 0 Å². The fourth-order valence-corrected chi connectivity index (χ4v) is 2.40. The lowest BCUT2D eigenvalue weighted by molar-refractivity contribution is 0.316. The van der Waals surface area contributed by atoms with E-state index in [2.05, 4.69) is 34.8 Å². The van der Waals surface area contributed by atoms with Crippen LogP contribution in [0, 0.1) is 0 Å². The molecule has 0 aliphatic rings. The van der Waals surface area contributed by atoms with E-state index in [-0.39, 0.29) is 5.41 Å². The van der Waals surface area contributed by atoms with E-state index in [4.69, 9.17) is 10.2 Å². The van der Waals surface area contributed by atoms with Gasteiger partial charge in [0.2, 0.25) is 5.89 Å². The van der Waals surface area contributed by atoms with E-state index in [1.807, 2.05) is 18.2 Å². The molecular weight excluding hydrogens is 280 g/mol. The molecule has 0 aliphatic heterocycles. The highest BCUT2D eigenvalue weighted by molar-refractivity contribution is 9.10. The minimum absolute atomic E-state index is 0.133. The number of nitrogens with two attached hydrogens (primary N) is 1. The zero-order valence-corrected chi connectivity index (χ0v) is 11.8. The van der Waals surface area contributed by atoms with Crippen molar-refractivity contribution >= 4 is 27.0 Å². The number of hydrogen-bond acceptors (Lipinski definition) is 3. The Morgan fingerprint density at radius 1 is 1.35 bits per heavy atom. The number of nitrogens with zero attached hydrogens (tertiary/aromatic N) is 1. The fourth-order valence-electron chi connectivity index (χ4n) is 2.06. The predicted octanol–water partition coefficient (Wildman–Crippen LogP) is 3.61. The quantitative estimate of drug-likeness (QED) is 0.938. The van der Waals surface area contributed by atoms with Crippen molar-refractivity contribution in [3.63, 3.8) is 0 Å². The standard InChI is InChI=1S/C13H17BrN2O/c1-3-13(4-2,8-15)12-16-10-7-9(14)5-6-11(10)17-12/h5-7H,3-4,8,15H2,1-2H3. The second-order valence-corrected chi connectivity index (χ2v) is 5.24. The summed E-state index contributed by atoms with van der Waals surface area (Å²) in [6, 6.07) is 5.86. The molecule has 92 valence electrons. The summed E-state index contributed by atoms with van der Waals surface area (Å²) in [4.78, 5) is 4.58. The highest BCUT2D eigenvalue weighted by Crippen LogP contribution is 2.32. The number of rotatable bonds is 4. The first kappa shape index (κ1) is 12.6. The van der Waals surface area contributed by atoms with E-state index in [9.17, 15) is 0 Å². The van der Waals surface area contributed by atoms with Gasteiger partial charge in [0.25, 0.3) is 0 Å². The SMILES string of the molecule is CCC(CC)(CN)c1nc2cc(Br)ccc2o1. The molecule has 1 aromatic heterocycles. The van der Waals surface area contributed by atoms with Gasteiger partial charge >= 0.3 is 0 Å². The summed E-state index contributed by atoms with van der Waals surface area (Å²) in [5.41, 5.74) is 7.48. The maximum absolute atomic E-state index is 5.90. The van der Waals surface area contributed by atoms with E-state index in [0.717, 1.165) is 34.3 Å². The Morgan fingerprint density at radius 3 is 2.65 bits per heavy atom. The summed E-state index contributed by atoms with van der Waals surface area (Å²) in [5, 5.41) is 0. The smallest absolute Gasteiger partial charge is 0.202 e. The van der Waals surface area contributed by atoms with Crippen molar-refractivity contribution in [2.75, 3.05) is 6.54 Å². The van der Waals surface area contributed by atoms with Crippen LogP contribution in [-0.4, -0.2) is 11.5 Å². The van der Waals surface area contributed by atoms with Crippen LogP contribution < -0.4 is 5.73 Å². The van der Waals surface area contributed by atoms with Crippen LogP contribution in [0.15, 0.2) is 27.1 Å². The normalized spacial score (nSPS) is 12.2. The summed E-state index contributed by atoms with van der Waals surface area (Å²) in [6.45, 7) is 4.82. The van der Waals surface area contributed by atoms with Crippen LogP contribution in [0.2, 0.25) is 0 Å². The van der Waals surface area contributed by atoms with Crippen LogP contribution >= 0.6 is 15.9 Å². The van der Waals surface area contributed by atoms with Crippen molar-refractivity contribution in [1.29, 1.82) is 0 Å². The Kier molecular flexibility index (Phi) is 3.54. The van der Waals surface area contributed by atoms with Gasteiger partial charge in [0.15, 0.2) is 5.58 Å². The third-order valence-electron chi connectivity index (χ3n) is 3.55. The zero-order chi connectivity index (χ0) is 12.5. The van der Waals surface area contributed by atoms with E-state index in [0.29, 0.717) is 6.54 Å². The lowest BCUT2D eigenvalue weighted by atomic mass is 9.82. The monoisotopic (exact) mass is 296 g/mol. The summed E-state index contributed by atoms with van der Waals surface area (Å²) in [7, 11) is 0. The van der Waals surface area contributed by atoms with Crippen LogP contribution in [0.3, 0.4) is 0 Å². The molecule has 0 amide bonds. The molecule has 0 spiro atoms. The van der Waals surface area contributed by atoms with E-state index >= 15 is 0 Å². The second kappa shape index (κ2) is 4.78. The largest absolute Gasteiger partial charge is 0.440 e. The molecule has 1 heterocycles. The molecule has 0 saturated carbocycles. The van der Waals surface area contributed by atoms with Crippen molar-refractivity contribution in [2.24, 2.45) is 5.73 Å². The molecule has 0 aliphatic carbocycles. The van der Waals surface area contributed by atoms with E-state index in [1.54, 1.807) is 0 Å². The molecule has 0 bridgehead atoms. The minimum Gasteiger partial charge on any atom is -0.440 e. The zero-order valence-electron chi connectivity index (χ0n) is 10.2. The first-order chi connectivity index (χ1) is 8.15. The van der Waals surface area contributed by atoms with Gasteiger partial charge in [-0.1, -0.05) is 29.8 Å². The van der Waals surface area contributed by atoms with Gasteiger partial charge < -0.3 is 10.2 Å². The summed E-state index contributed by atoms with van der Waals surface area (Å²) in [5.74, 6) is 0.762. The molecule has 1 aromatic carbocycles. The van der Waals surface area contributed by atoms with E-state index in [1.165, 1.54) is 0 Å². The molecule has 0 radical (unpaired) electrons. The van der Waals surface area contributed by atoms with Crippen molar-refractivity contribution in [3.8, 4) is 0 Å². The molecule has 17 heavy (non-hydrogen) atoms. The van der Waals surface area contributed by atoms with Gasteiger partial charge in [-0.15, -0.1) is 0 Å². The van der Waals surface area contributed by atoms with Crippen molar-refractivity contribution in [1.82, 2.24) is 4.98 Å². The molecular formula is C13H17BrN2O. The third kappa shape index (κ3) is 2.11.